The number of nitrogens with zero attached hydrogens (tertiary/aromatic N) is 2. The highest BCUT2D eigenvalue weighted by Gasteiger charge is 2.36. The fourth-order valence-corrected chi connectivity index (χ4v) is 1.39. The minimum absolute atomic E-state index is 0.274. The number of hydrogen-bond donors (Lipinski definition) is 0. The van der Waals surface area contributed by atoms with E-state index >= 15 is 0 Å². The quantitative estimate of drug-likeness (QED) is 0.372. The van der Waals surface area contributed by atoms with Crippen molar-refractivity contribution in [2.45, 2.75) is 31.3 Å². The number of carbonyl (C=O) groups is 2. The smallest absolute Gasteiger partial charge is 0.281 e. The second-order valence-corrected chi connectivity index (χ2v) is 3.97. The predicted molar refractivity (Wildman–Crippen MR) is 57.1 cm³/mol. The van der Waals surface area contributed by atoms with Crippen LogP contribution in [0.3, 0.4) is 0 Å². The molecule has 0 aliphatic carbocycles. The van der Waals surface area contributed by atoms with Crippen LogP contribution in [-0.2, 0) is 9.59 Å². The molecule has 2 unspecified atom stereocenters. The van der Waals surface area contributed by atoms with E-state index in [-0.39, 0.29) is 12.8 Å². The Hall–Kier alpha value is -1.28. The molecule has 0 radical (unpaired) electrons. The number of hydrogen-bond acceptors (Lipinski definition) is 6. The van der Waals surface area contributed by atoms with Crippen molar-refractivity contribution in [3.8, 4) is 0 Å². The van der Waals surface area contributed by atoms with Gasteiger partial charge >= 0.3 is 0 Å². The van der Waals surface area contributed by atoms with E-state index in [1.54, 1.807) is 0 Å². The molecule has 0 fully saturated rings. The molecule has 0 aromatic rings. The number of rotatable bonds is 8. The summed E-state index contributed by atoms with van der Waals surface area (Å²) in [5.41, 5.74) is 0. The Kier molecular flexibility index (Phi) is 6.59. The van der Waals surface area contributed by atoms with E-state index in [4.69, 9.17) is 23.2 Å². The molecule has 0 aliphatic rings. The van der Waals surface area contributed by atoms with Gasteiger partial charge in [-0.2, -0.15) is 0 Å². The monoisotopic (exact) mass is 286 g/mol. The first kappa shape index (κ1) is 15.7. The Bertz CT molecular complexity index is 333. The number of carbonyl (C=O) groups excluding carboxylic acids is 2. The second kappa shape index (κ2) is 7.13. The van der Waals surface area contributed by atoms with Crippen LogP contribution in [0.5, 0.6) is 0 Å². The molecule has 0 heterocycles. The predicted octanol–water partition coefficient (Wildman–Crippen LogP) is 0.978. The van der Waals surface area contributed by atoms with Crippen LogP contribution in [0.15, 0.2) is 0 Å². The van der Waals surface area contributed by atoms with Crippen LogP contribution >= 0.6 is 23.2 Å². The largest absolute Gasteiger partial charge is 0.295 e. The van der Waals surface area contributed by atoms with Crippen molar-refractivity contribution in [2.24, 2.45) is 0 Å². The molecule has 0 N–H and O–H groups in total. The lowest BCUT2D eigenvalue weighted by Crippen LogP contribution is -2.34. The van der Waals surface area contributed by atoms with Gasteiger partial charge in [-0.25, -0.2) is 0 Å². The Balaban J connectivity index is 4.61. The first-order valence-electron chi connectivity index (χ1n) is 4.40. The molecule has 2 atom stereocenters. The molecule has 0 rings (SSSR count). The van der Waals surface area contributed by atoms with Crippen LogP contribution in [0.25, 0.3) is 0 Å². The highest BCUT2D eigenvalue weighted by Crippen LogP contribution is 2.14. The minimum atomic E-state index is -1.85. The van der Waals surface area contributed by atoms with Crippen molar-refractivity contribution in [1.29, 1.82) is 0 Å². The van der Waals surface area contributed by atoms with Crippen molar-refractivity contribution in [3.63, 3.8) is 0 Å². The zero-order valence-corrected chi connectivity index (χ0v) is 9.89. The number of halogens is 2. The van der Waals surface area contributed by atoms with Crippen LogP contribution in [-0.4, -0.2) is 32.4 Å². The van der Waals surface area contributed by atoms with Gasteiger partial charge in [-0.1, -0.05) is 0 Å². The van der Waals surface area contributed by atoms with Crippen molar-refractivity contribution >= 4 is 33.7 Å². The molecule has 0 saturated carbocycles. The van der Waals surface area contributed by atoms with Crippen molar-refractivity contribution in [2.75, 3.05) is 0 Å². The summed E-state index contributed by atoms with van der Waals surface area (Å²) >= 11 is 9.95. The second-order valence-electron chi connectivity index (χ2n) is 3.17. The molecular formula is C7H8Cl2N2O6. The Labute approximate surface area is 105 Å². The van der Waals surface area contributed by atoms with Crippen LogP contribution < -0.4 is 0 Å². The van der Waals surface area contributed by atoms with E-state index in [1.807, 2.05) is 0 Å². The standard InChI is InChI=1S/C7H8Cl2N2O6/c8-6(12)2-1-4(10(14)15)3-5(7(9)13)11(16)17/h4-5H,1-3H2. The van der Waals surface area contributed by atoms with Crippen LogP contribution in [0.4, 0.5) is 0 Å². The molecule has 0 bridgehead atoms. The summed E-state index contributed by atoms with van der Waals surface area (Å²) < 4.78 is 0. The molecule has 0 aromatic carbocycles. The summed E-state index contributed by atoms with van der Waals surface area (Å²) in [6.45, 7) is 0. The minimum Gasteiger partial charge on any atom is -0.281 e. The van der Waals surface area contributed by atoms with E-state index in [0.717, 1.165) is 0 Å². The average Bonchev–Trinajstić information content (AvgIpc) is 2.15. The third kappa shape index (κ3) is 6.12. The first-order valence-corrected chi connectivity index (χ1v) is 5.16. The summed E-state index contributed by atoms with van der Waals surface area (Å²) in [6, 6.07) is -3.26. The fourth-order valence-electron chi connectivity index (χ4n) is 1.11. The van der Waals surface area contributed by atoms with E-state index in [1.165, 1.54) is 0 Å². The Morgan fingerprint density at radius 1 is 1.12 bits per heavy atom. The normalized spacial score (nSPS) is 13.8. The summed E-state index contributed by atoms with van der Waals surface area (Å²) in [7, 11) is 0. The number of nitro groups is 2. The molecule has 8 nitrogen and oxygen atoms in total. The maximum absolute atomic E-state index is 10.7. The van der Waals surface area contributed by atoms with Crippen LogP contribution in [0.1, 0.15) is 19.3 Å². The van der Waals surface area contributed by atoms with Gasteiger partial charge in [0.15, 0.2) is 0 Å². The average molecular weight is 287 g/mol. The molecule has 0 aliphatic heterocycles. The van der Waals surface area contributed by atoms with Crippen molar-refractivity contribution in [1.82, 2.24) is 0 Å². The highest BCUT2D eigenvalue weighted by atomic mass is 35.5. The lowest BCUT2D eigenvalue weighted by molar-refractivity contribution is -0.552. The van der Waals surface area contributed by atoms with Gasteiger partial charge in [-0.05, 0) is 23.2 Å². The zero-order chi connectivity index (χ0) is 13.6. The van der Waals surface area contributed by atoms with Gasteiger partial charge in [0, 0.05) is 22.7 Å². The van der Waals surface area contributed by atoms with Gasteiger partial charge in [0.1, 0.15) is 0 Å². The van der Waals surface area contributed by atoms with Crippen LogP contribution in [0.2, 0.25) is 0 Å². The third-order valence-corrected chi connectivity index (χ3v) is 2.42. The molecule has 10 heteroatoms. The SMILES string of the molecule is O=C(Cl)CCC(CC(C(=O)Cl)[N+](=O)[O-])[N+](=O)[O-]. The van der Waals surface area contributed by atoms with E-state index in [2.05, 4.69) is 0 Å². The van der Waals surface area contributed by atoms with Crippen molar-refractivity contribution < 1.29 is 19.4 Å². The molecule has 17 heavy (non-hydrogen) atoms. The van der Waals surface area contributed by atoms with Gasteiger partial charge in [0.25, 0.3) is 11.3 Å². The van der Waals surface area contributed by atoms with Gasteiger partial charge in [-0.15, -0.1) is 0 Å². The summed E-state index contributed by atoms with van der Waals surface area (Å²) in [4.78, 5) is 40.3. The lowest BCUT2D eigenvalue weighted by Gasteiger charge is -2.09. The van der Waals surface area contributed by atoms with E-state index in [0.29, 0.717) is 0 Å². The molecular weight excluding hydrogens is 279 g/mol. The van der Waals surface area contributed by atoms with Gasteiger partial charge in [0.2, 0.25) is 11.3 Å². The summed E-state index contributed by atoms with van der Waals surface area (Å²) in [5.74, 6) is 0. The van der Waals surface area contributed by atoms with E-state index in [9.17, 15) is 29.8 Å². The van der Waals surface area contributed by atoms with Gasteiger partial charge in [-0.3, -0.25) is 29.8 Å². The summed E-state index contributed by atoms with van der Waals surface area (Å²) in [5, 5.41) is 18.9. The van der Waals surface area contributed by atoms with Crippen LogP contribution in [0, 0.1) is 20.2 Å². The third-order valence-electron chi connectivity index (χ3n) is 1.98. The maximum Gasteiger partial charge on any atom is 0.295 e. The Morgan fingerprint density at radius 3 is 1.94 bits per heavy atom. The van der Waals surface area contributed by atoms with Gasteiger partial charge < -0.3 is 0 Å². The zero-order valence-electron chi connectivity index (χ0n) is 8.38. The van der Waals surface area contributed by atoms with Crippen molar-refractivity contribution in [3.05, 3.63) is 20.2 Å². The summed E-state index contributed by atoms with van der Waals surface area (Å²) in [6.07, 6.45) is -1.23. The fraction of sp³-hybridized carbons (Fsp3) is 0.714. The molecule has 96 valence electrons. The Morgan fingerprint density at radius 2 is 1.65 bits per heavy atom. The van der Waals surface area contributed by atoms with E-state index < -0.39 is 38.8 Å². The maximum atomic E-state index is 10.7. The topological polar surface area (TPSA) is 120 Å². The highest BCUT2D eigenvalue weighted by molar-refractivity contribution is 6.64. The molecule has 0 amide bonds. The molecule has 0 aromatic heterocycles. The van der Waals surface area contributed by atoms with Gasteiger partial charge in [0.05, 0.1) is 6.42 Å². The first-order chi connectivity index (χ1) is 7.75. The lowest BCUT2D eigenvalue weighted by atomic mass is 10.0. The molecule has 0 saturated heterocycles. The molecule has 0 spiro atoms.